The van der Waals surface area contributed by atoms with Gasteiger partial charge in [0, 0.05) is 18.8 Å². The molecule has 2 rings (SSSR count). The Hall–Kier alpha value is -2.59. The maximum absolute atomic E-state index is 10.8. The number of nitrogens with zero attached hydrogens (tertiary/aromatic N) is 3. The van der Waals surface area contributed by atoms with E-state index in [1.807, 2.05) is 6.07 Å². The summed E-state index contributed by atoms with van der Waals surface area (Å²) in [5.41, 5.74) is 3.41. The summed E-state index contributed by atoms with van der Waals surface area (Å²) in [5.74, 6) is -0.130. The number of nitriles is 1. The Kier molecular flexibility index (Phi) is 3.12. The maximum atomic E-state index is 10.8. The first-order valence-electron chi connectivity index (χ1n) is 5.06. The van der Waals surface area contributed by atoms with Crippen LogP contribution in [0.2, 0.25) is 0 Å². The van der Waals surface area contributed by atoms with E-state index in [1.165, 1.54) is 24.5 Å². The van der Waals surface area contributed by atoms with Gasteiger partial charge in [0.15, 0.2) is 5.82 Å². The summed E-state index contributed by atoms with van der Waals surface area (Å²) in [6.07, 6.45) is 2.82. The number of hydrogen-bond acceptors (Lipinski definition) is 6. The van der Waals surface area contributed by atoms with Crippen LogP contribution in [-0.4, -0.2) is 29.7 Å². The molecule has 1 aromatic rings. The van der Waals surface area contributed by atoms with Crippen molar-refractivity contribution in [2.45, 2.75) is 0 Å². The van der Waals surface area contributed by atoms with Crippen LogP contribution in [-0.2, 0) is 4.79 Å². The molecule has 0 fully saturated rings. The second kappa shape index (κ2) is 4.73. The SMILES string of the molecule is COc1cc(N2C=C(C(=O)O)CN2)ncc1C#N. The first-order chi connectivity index (χ1) is 8.65. The van der Waals surface area contributed by atoms with Gasteiger partial charge < -0.3 is 9.84 Å². The van der Waals surface area contributed by atoms with Crippen LogP contribution in [0.1, 0.15) is 5.56 Å². The van der Waals surface area contributed by atoms with Crippen LogP contribution in [0.25, 0.3) is 0 Å². The van der Waals surface area contributed by atoms with Gasteiger partial charge >= 0.3 is 5.97 Å². The Morgan fingerprint density at radius 1 is 1.72 bits per heavy atom. The minimum absolute atomic E-state index is 0.222. The number of ether oxygens (including phenoxy) is 1. The van der Waals surface area contributed by atoms with Crippen molar-refractivity contribution in [3.05, 3.63) is 29.6 Å². The smallest absolute Gasteiger partial charge is 0.334 e. The number of hydrogen-bond donors (Lipinski definition) is 2. The summed E-state index contributed by atoms with van der Waals surface area (Å²) < 4.78 is 5.06. The number of carbonyl (C=O) groups is 1. The molecule has 7 nitrogen and oxygen atoms in total. The number of aliphatic carboxylic acids is 1. The predicted octanol–water partition coefficient (Wildman–Crippen LogP) is 0.255. The van der Waals surface area contributed by atoms with Crippen molar-refractivity contribution in [3.8, 4) is 11.8 Å². The fourth-order valence-corrected chi connectivity index (χ4v) is 1.51. The molecule has 1 aromatic heterocycles. The number of methoxy groups -OCH3 is 1. The molecule has 0 radical (unpaired) electrons. The normalized spacial score (nSPS) is 14.0. The van der Waals surface area contributed by atoms with Gasteiger partial charge in [-0.15, -0.1) is 0 Å². The second-order valence-electron chi connectivity index (χ2n) is 3.52. The first kappa shape index (κ1) is 11.9. The minimum atomic E-state index is -0.981. The number of carboxylic acids is 1. The molecule has 0 bridgehead atoms. The molecule has 1 aliphatic heterocycles. The Balaban J connectivity index is 2.31. The van der Waals surface area contributed by atoms with Crippen molar-refractivity contribution < 1.29 is 14.6 Å². The van der Waals surface area contributed by atoms with Gasteiger partial charge in [-0.05, 0) is 0 Å². The van der Waals surface area contributed by atoms with Crippen LogP contribution in [0.5, 0.6) is 5.75 Å². The molecule has 7 heteroatoms. The third-order valence-corrected chi connectivity index (χ3v) is 2.44. The molecule has 0 saturated carbocycles. The lowest BCUT2D eigenvalue weighted by atomic mass is 10.3. The van der Waals surface area contributed by atoms with Crippen molar-refractivity contribution in [3.63, 3.8) is 0 Å². The molecule has 2 heterocycles. The van der Waals surface area contributed by atoms with Crippen molar-refractivity contribution in [2.24, 2.45) is 0 Å². The topological polar surface area (TPSA) is 98.5 Å². The van der Waals surface area contributed by atoms with E-state index < -0.39 is 5.97 Å². The largest absolute Gasteiger partial charge is 0.495 e. The van der Waals surface area contributed by atoms with Crippen LogP contribution >= 0.6 is 0 Å². The van der Waals surface area contributed by atoms with Gasteiger partial charge in [-0.3, -0.25) is 5.01 Å². The van der Waals surface area contributed by atoms with E-state index in [1.54, 1.807) is 6.07 Å². The third kappa shape index (κ3) is 2.09. The van der Waals surface area contributed by atoms with E-state index in [2.05, 4.69) is 10.4 Å². The van der Waals surface area contributed by atoms with Gasteiger partial charge in [-0.2, -0.15) is 5.26 Å². The molecule has 0 atom stereocenters. The number of rotatable bonds is 3. The molecule has 0 amide bonds. The molecule has 0 aliphatic carbocycles. The fraction of sp³-hybridized carbons (Fsp3) is 0.182. The van der Waals surface area contributed by atoms with Crippen molar-refractivity contribution in [2.75, 3.05) is 18.7 Å². The van der Waals surface area contributed by atoms with Crippen molar-refractivity contribution >= 4 is 11.8 Å². The van der Waals surface area contributed by atoms with E-state index in [-0.39, 0.29) is 12.1 Å². The Bertz CT molecular complexity index is 562. The monoisotopic (exact) mass is 246 g/mol. The zero-order valence-electron chi connectivity index (χ0n) is 9.54. The van der Waals surface area contributed by atoms with Crippen LogP contribution in [0.3, 0.4) is 0 Å². The maximum Gasteiger partial charge on any atom is 0.334 e. The molecule has 18 heavy (non-hydrogen) atoms. The van der Waals surface area contributed by atoms with Crippen molar-refractivity contribution in [1.29, 1.82) is 5.26 Å². The van der Waals surface area contributed by atoms with Crippen LogP contribution in [0, 0.1) is 11.3 Å². The quantitative estimate of drug-likeness (QED) is 0.788. The fourth-order valence-electron chi connectivity index (χ4n) is 1.51. The lowest BCUT2D eigenvalue weighted by Gasteiger charge is -2.15. The third-order valence-electron chi connectivity index (χ3n) is 2.44. The molecule has 1 aliphatic rings. The molecule has 92 valence electrons. The number of hydrazine groups is 1. The van der Waals surface area contributed by atoms with Gasteiger partial charge in [-0.25, -0.2) is 15.2 Å². The Morgan fingerprint density at radius 2 is 2.50 bits per heavy atom. The summed E-state index contributed by atoms with van der Waals surface area (Å²) in [6, 6.07) is 3.52. The molecule has 0 saturated heterocycles. The van der Waals surface area contributed by atoms with E-state index in [0.717, 1.165) is 0 Å². The molecule has 2 N–H and O–H groups in total. The highest BCUT2D eigenvalue weighted by atomic mass is 16.5. The highest BCUT2D eigenvalue weighted by Gasteiger charge is 2.20. The van der Waals surface area contributed by atoms with E-state index in [9.17, 15) is 4.79 Å². The number of nitrogens with one attached hydrogen (secondary N) is 1. The lowest BCUT2D eigenvalue weighted by molar-refractivity contribution is -0.132. The summed E-state index contributed by atoms with van der Waals surface area (Å²) in [5, 5.41) is 19.1. The molecular weight excluding hydrogens is 236 g/mol. The molecule has 0 aromatic carbocycles. The number of carboxylic acid groups (broad SMARTS) is 1. The number of aromatic nitrogens is 1. The second-order valence-corrected chi connectivity index (χ2v) is 3.52. The Labute approximate surface area is 103 Å². The van der Waals surface area contributed by atoms with E-state index >= 15 is 0 Å². The highest BCUT2D eigenvalue weighted by molar-refractivity contribution is 5.88. The number of pyridine rings is 1. The summed E-state index contributed by atoms with van der Waals surface area (Å²) in [6.45, 7) is 0.222. The molecule has 0 unspecified atom stereocenters. The highest BCUT2D eigenvalue weighted by Crippen LogP contribution is 2.23. The van der Waals surface area contributed by atoms with Gasteiger partial charge in [0.2, 0.25) is 0 Å². The van der Waals surface area contributed by atoms with Crippen molar-refractivity contribution in [1.82, 2.24) is 10.4 Å². The summed E-state index contributed by atoms with van der Waals surface area (Å²) >= 11 is 0. The summed E-state index contributed by atoms with van der Waals surface area (Å²) in [4.78, 5) is 14.8. The zero-order valence-corrected chi connectivity index (χ0v) is 9.54. The van der Waals surface area contributed by atoms with Crippen LogP contribution < -0.4 is 15.2 Å². The Morgan fingerprint density at radius 3 is 3.06 bits per heavy atom. The van der Waals surface area contributed by atoms with Gasteiger partial charge in [0.05, 0.1) is 18.9 Å². The minimum Gasteiger partial charge on any atom is -0.495 e. The summed E-state index contributed by atoms with van der Waals surface area (Å²) in [7, 11) is 1.45. The van der Waals surface area contributed by atoms with Crippen LogP contribution in [0.4, 0.5) is 5.82 Å². The van der Waals surface area contributed by atoms with Crippen LogP contribution in [0.15, 0.2) is 24.0 Å². The van der Waals surface area contributed by atoms with Gasteiger partial charge in [-0.1, -0.05) is 0 Å². The first-order valence-corrected chi connectivity index (χ1v) is 5.06. The van der Waals surface area contributed by atoms with Gasteiger partial charge in [0.25, 0.3) is 0 Å². The average molecular weight is 246 g/mol. The average Bonchev–Trinajstić information content (AvgIpc) is 2.87. The molecule has 0 spiro atoms. The van der Waals surface area contributed by atoms with E-state index in [4.69, 9.17) is 15.1 Å². The zero-order chi connectivity index (χ0) is 13.1. The lowest BCUT2D eigenvalue weighted by Crippen LogP contribution is -2.29. The predicted molar refractivity (Wildman–Crippen MR) is 61.7 cm³/mol. The molecular formula is C11H10N4O3. The standard InChI is InChI=1S/C11H10N4O3/c1-18-9-2-10(13-4-7(9)3-12)15-6-8(5-14-15)11(16)17/h2,4,6,14H,5H2,1H3,(H,16,17). The van der Waals surface area contributed by atoms with Gasteiger partial charge in [0.1, 0.15) is 17.4 Å². The number of anilines is 1. The van der Waals surface area contributed by atoms with E-state index in [0.29, 0.717) is 17.1 Å².